The summed E-state index contributed by atoms with van der Waals surface area (Å²) in [4.78, 5) is 12.6. The number of carbonyl (C=O) groups is 1. The van der Waals surface area contributed by atoms with Crippen molar-refractivity contribution in [2.45, 2.75) is 49.7 Å². The molecular formula is C26H30F3NO5. The number of alkyl halides is 3. The van der Waals surface area contributed by atoms with E-state index in [9.17, 15) is 23.1 Å². The summed E-state index contributed by atoms with van der Waals surface area (Å²) in [5.74, 6) is -1.63. The van der Waals surface area contributed by atoms with E-state index < -0.39 is 42.4 Å². The van der Waals surface area contributed by atoms with E-state index in [1.165, 1.54) is 4.90 Å². The second-order valence-corrected chi connectivity index (χ2v) is 9.27. The normalized spacial score (nSPS) is 22.8. The second kappa shape index (κ2) is 10.5. The zero-order valence-corrected chi connectivity index (χ0v) is 19.5. The van der Waals surface area contributed by atoms with Crippen LogP contribution in [0.25, 0.3) is 0 Å². The largest absolute Gasteiger partial charge is 0.497 e. The number of carboxylic acid groups (broad SMARTS) is 1. The van der Waals surface area contributed by atoms with Gasteiger partial charge in [0.05, 0.1) is 32.0 Å². The molecule has 35 heavy (non-hydrogen) atoms. The number of amides is 1. The molecule has 2 unspecified atom stereocenters. The lowest BCUT2D eigenvalue weighted by Gasteiger charge is -2.38. The minimum atomic E-state index is -4.52. The highest BCUT2D eigenvalue weighted by atomic mass is 19.4. The first-order chi connectivity index (χ1) is 16.7. The van der Waals surface area contributed by atoms with Crippen LogP contribution < -0.4 is 4.74 Å². The van der Waals surface area contributed by atoms with Crippen molar-refractivity contribution in [3.05, 3.63) is 65.7 Å². The van der Waals surface area contributed by atoms with Crippen molar-refractivity contribution in [1.29, 1.82) is 0 Å². The van der Waals surface area contributed by atoms with E-state index in [1.54, 1.807) is 31.4 Å². The molecule has 1 N–H and O–H groups in total. The number of ether oxygens (including phenoxy) is 3. The summed E-state index contributed by atoms with van der Waals surface area (Å²) in [6, 6.07) is 16.1. The summed E-state index contributed by atoms with van der Waals surface area (Å²) < 4.78 is 60.0. The molecule has 2 saturated heterocycles. The number of halogens is 3. The summed E-state index contributed by atoms with van der Waals surface area (Å²) in [6.45, 7) is 0.00130. The summed E-state index contributed by atoms with van der Waals surface area (Å²) >= 11 is 0. The Kier molecular flexibility index (Phi) is 7.56. The molecule has 2 aliphatic rings. The first kappa shape index (κ1) is 25.3. The Labute approximate surface area is 202 Å². The fourth-order valence-electron chi connectivity index (χ4n) is 5.13. The van der Waals surface area contributed by atoms with Crippen LogP contribution in [-0.4, -0.2) is 60.8 Å². The average molecular weight is 494 g/mol. The molecule has 2 aromatic rings. The first-order valence-corrected chi connectivity index (χ1v) is 11.7. The van der Waals surface area contributed by atoms with E-state index in [0.29, 0.717) is 25.0 Å². The SMILES string of the molecule is COc1ccc(COCC([C@@H]2OC3(CCN(C(=O)O)CC3)CC2c2ccccc2)C(F)(F)F)cc1. The predicted octanol–water partition coefficient (Wildman–Crippen LogP) is 5.48. The van der Waals surface area contributed by atoms with Crippen molar-refractivity contribution in [2.24, 2.45) is 5.92 Å². The van der Waals surface area contributed by atoms with Crippen LogP contribution in [0.2, 0.25) is 0 Å². The van der Waals surface area contributed by atoms with Gasteiger partial charge in [-0.2, -0.15) is 13.2 Å². The van der Waals surface area contributed by atoms with Crippen LogP contribution >= 0.6 is 0 Å². The molecule has 3 atom stereocenters. The third kappa shape index (κ3) is 5.90. The fourth-order valence-corrected chi connectivity index (χ4v) is 5.13. The Morgan fingerprint density at radius 3 is 2.37 bits per heavy atom. The van der Waals surface area contributed by atoms with E-state index in [2.05, 4.69) is 0 Å². The number of methoxy groups -OCH3 is 1. The lowest BCUT2D eigenvalue weighted by molar-refractivity contribution is -0.229. The molecule has 4 rings (SSSR count). The Morgan fingerprint density at radius 2 is 1.80 bits per heavy atom. The minimum Gasteiger partial charge on any atom is -0.497 e. The number of rotatable bonds is 7. The van der Waals surface area contributed by atoms with Gasteiger partial charge in [-0.15, -0.1) is 0 Å². The standard InChI is InChI=1S/C26H30F3NO5/c1-33-20-9-7-18(8-10-20)16-34-17-22(26(27,28)29)23-21(19-5-3-2-4-6-19)15-25(35-23)11-13-30(14-12-25)24(31)32/h2-10,21-23H,11-17H2,1H3,(H,31,32)/t21?,22?,23-/m1/s1. The number of benzene rings is 2. The van der Waals surface area contributed by atoms with Gasteiger partial charge in [-0.25, -0.2) is 4.79 Å². The zero-order chi connectivity index (χ0) is 25.1. The molecule has 2 heterocycles. The zero-order valence-electron chi connectivity index (χ0n) is 19.5. The van der Waals surface area contributed by atoms with E-state index in [0.717, 1.165) is 11.1 Å². The molecule has 6 nitrogen and oxygen atoms in total. The van der Waals surface area contributed by atoms with Crippen LogP contribution in [0.4, 0.5) is 18.0 Å². The van der Waals surface area contributed by atoms with Gasteiger partial charge >= 0.3 is 12.3 Å². The van der Waals surface area contributed by atoms with Crippen molar-refractivity contribution in [2.75, 3.05) is 26.8 Å². The quantitative estimate of drug-likeness (QED) is 0.554. The van der Waals surface area contributed by atoms with Crippen molar-refractivity contribution in [1.82, 2.24) is 4.90 Å². The highest BCUT2D eigenvalue weighted by Crippen LogP contribution is 2.51. The third-order valence-electron chi connectivity index (χ3n) is 7.09. The van der Waals surface area contributed by atoms with Gasteiger partial charge < -0.3 is 24.2 Å². The Hall–Kier alpha value is -2.78. The smallest absolute Gasteiger partial charge is 0.407 e. The summed E-state index contributed by atoms with van der Waals surface area (Å²) in [7, 11) is 1.54. The molecule has 9 heteroatoms. The topological polar surface area (TPSA) is 68.2 Å². The predicted molar refractivity (Wildman–Crippen MR) is 122 cm³/mol. The van der Waals surface area contributed by atoms with Gasteiger partial charge in [0, 0.05) is 19.0 Å². The Bertz CT molecular complexity index is 975. The van der Waals surface area contributed by atoms with Crippen LogP contribution in [0.5, 0.6) is 5.75 Å². The van der Waals surface area contributed by atoms with Gasteiger partial charge in [0.1, 0.15) is 11.7 Å². The van der Waals surface area contributed by atoms with Crippen molar-refractivity contribution in [3.8, 4) is 5.75 Å². The molecule has 0 bridgehead atoms. The lowest BCUT2D eigenvalue weighted by atomic mass is 9.79. The molecule has 0 radical (unpaired) electrons. The van der Waals surface area contributed by atoms with E-state index in [-0.39, 0.29) is 19.7 Å². The van der Waals surface area contributed by atoms with Gasteiger partial charge in [0.25, 0.3) is 0 Å². The number of hydrogen-bond acceptors (Lipinski definition) is 4. The van der Waals surface area contributed by atoms with Gasteiger partial charge in [-0.1, -0.05) is 42.5 Å². The number of piperidine rings is 1. The van der Waals surface area contributed by atoms with Gasteiger partial charge in [-0.3, -0.25) is 0 Å². The van der Waals surface area contributed by atoms with Crippen molar-refractivity contribution in [3.63, 3.8) is 0 Å². The summed E-state index contributed by atoms with van der Waals surface area (Å²) in [5, 5.41) is 9.28. The Morgan fingerprint density at radius 1 is 1.14 bits per heavy atom. The fraction of sp³-hybridized carbons (Fsp3) is 0.500. The van der Waals surface area contributed by atoms with E-state index >= 15 is 0 Å². The van der Waals surface area contributed by atoms with Crippen LogP contribution in [-0.2, 0) is 16.1 Å². The van der Waals surface area contributed by atoms with E-state index in [4.69, 9.17) is 14.2 Å². The maximum Gasteiger partial charge on any atom is 0.407 e. The molecular weight excluding hydrogens is 463 g/mol. The van der Waals surface area contributed by atoms with Gasteiger partial charge in [0.2, 0.25) is 0 Å². The molecule has 2 fully saturated rings. The van der Waals surface area contributed by atoms with Crippen molar-refractivity contribution >= 4 is 6.09 Å². The molecule has 1 amide bonds. The van der Waals surface area contributed by atoms with Crippen LogP contribution in [0, 0.1) is 5.92 Å². The summed E-state index contributed by atoms with van der Waals surface area (Å²) in [6.07, 6.45) is -5.50. The maximum atomic E-state index is 14.3. The number of likely N-dealkylation sites (tertiary alicyclic amines) is 1. The first-order valence-electron chi connectivity index (χ1n) is 11.7. The minimum absolute atomic E-state index is 0.0397. The van der Waals surface area contributed by atoms with Gasteiger partial charge in [0.15, 0.2) is 0 Å². The van der Waals surface area contributed by atoms with Crippen LogP contribution in [0.15, 0.2) is 54.6 Å². The maximum absolute atomic E-state index is 14.3. The lowest BCUT2D eigenvalue weighted by Crippen LogP contribution is -2.47. The highest BCUT2D eigenvalue weighted by molar-refractivity contribution is 5.65. The van der Waals surface area contributed by atoms with E-state index in [1.807, 2.05) is 30.3 Å². The molecule has 0 aromatic heterocycles. The van der Waals surface area contributed by atoms with Crippen LogP contribution in [0.1, 0.15) is 36.3 Å². The monoisotopic (exact) mass is 493 g/mol. The molecule has 2 aliphatic heterocycles. The highest BCUT2D eigenvalue weighted by Gasteiger charge is 2.56. The van der Waals surface area contributed by atoms with Crippen molar-refractivity contribution < 1.29 is 37.3 Å². The molecule has 0 saturated carbocycles. The van der Waals surface area contributed by atoms with Gasteiger partial charge in [-0.05, 0) is 42.5 Å². The average Bonchev–Trinajstić information content (AvgIpc) is 3.20. The molecule has 0 aliphatic carbocycles. The number of hydrogen-bond donors (Lipinski definition) is 1. The Balaban J connectivity index is 1.53. The van der Waals surface area contributed by atoms with Crippen LogP contribution in [0.3, 0.4) is 0 Å². The molecule has 2 aromatic carbocycles. The summed E-state index contributed by atoms with van der Waals surface area (Å²) in [5.41, 5.74) is 0.756. The number of nitrogens with zero attached hydrogens (tertiary/aromatic N) is 1. The molecule has 1 spiro atoms. The third-order valence-corrected chi connectivity index (χ3v) is 7.09. The second-order valence-electron chi connectivity index (χ2n) is 9.27. The molecule has 190 valence electrons.